The molecule has 2 rings (SSSR count). The van der Waals surface area contributed by atoms with E-state index in [1.54, 1.807) is 0 Å². The summed E-state index contributed by atoms with van der Waals surface area (Å²) in [6.07, 6.45) is 0. The molecular formula is C23H30N2O3. The summed E-state index contributed by atoms with van der Waals surface area (Å²) in [5.74, 6) is 0.331. The summed E-state index contributed by atoms with van der Waals surface area (Å²) in [6, 6.07) is 13.4. The van der Waals surface area contributed by atoms with Crippen LogP contribution in [0.25, 0.3) is 0 Å². The summed E-state index contributed by atoms with van der Waals surface area (Å²) in [7, 11) is 0. The molecule has 0 spiro atoms. The van der Waals surface area contributed by atoms with E-state index in [1.807, 2.05) is 56.3 Å². The van der Waals surface area contributed by atoms with Gasteiger partial charge in [0.2, 0.25) is 0 Å². The number of benzene rings is 2. The highest BCUT2D eigenvalue weighted by molar-refractivity contribution is 5.94. The zero-order chi connectivity index (χ0) is 20.7. The Hall–Kier alpha value is -2.82. The van der Waals surface area contributed by atoms with Gasteiger partial charge in [0.05, 0.1) is 0 Å². The molecule has 2 aromatic carbocycles. The minimum atomic E-state index is -0.219. The van der Waals surface area contributed by atoms with Crippen LogP contribution in [0.4, 0.5) is 0 Å². The molecule has 5 heteroatoms. The first-order valence-electron chi connectivity index (χ1n) is 9.52. The second-order valence-electron chi connectivity index (χ2n) is 7.99. The number of amides is 2. The number of carbonyl (C=O) groups is 2. The second kappa shape index (κ2) is 9.40. The van der Waals surface area contributed by atoms with E-state index in [9.17, 15) is 9.59 Å². The van der Waals surface area contributed by atoms with E-state index in [4.69, 9.17) is 4.74 Å². The van der Waals surface area contributed by atoms with Crippen molar-refractivity contribution in [2.45, 2.75) is 40.0 Å². The van der Waals surface area contributed by atoms with Gasteiger partial charge >= 0.3 is 0 Å². The van der Waals surface area contributed by atoms with Crippen molar-refractivity contribution < 1.29 is 14.3 Å². The molecule has 150 valence electrons. The molecule has 28 heavy (non-hydrogen) atoms. The molecule has 0 aliphatic carbocycles. The highest BCUT2D eigenvalue weighted by Crippen LogP contribution is 2.22. The number of hydrogen-bond acceptors (Lipinski definition) is 3. The average Bonchev–Trinajstić information content (AvgIpc) is 2.63. The van der Waals surface area contributed by atoms with Crippen LogP contribution in [-0.2, 0) is 10.2 Å². The number of nitrogens with one attached hydrogen (secondary N) is 2. The smallest absolute Gasteiger partial charge is 0.258 e. The van der Waals surface area contributed by atoms with Crippen molar-refractivity contribution in [1.82, 2.24) is 10.6 Å². The Morgan fingerprint density at radius 1 is 0.929 bits per heavy atom. The second-order valence-corrected chi connectivity index (χ2v) is 7.99. The van der Waals surface area contributed by atoms with Crippen molar-refractivity contribution in [2.24, 2.45) is 0 Å². The Balaban J connectivity index is 1.70. The maximum atomic E-state index is 12.2. The number of hydrogen-bond donors (Lipinski definition) is 2. The van der Waals surface area contributed by atoms with Gasteiger partial charge in [0, 0.05) is 18.7 Å². The Morgan fingerprint density at radius 2 is 1.57 bits per heavy atom. The maximum absolute atomic E-state index is 12.2. The maximum Gasteiger partial charge on any atom is 0.258 e. The zero-order valence-electron chi connectivity index (χ0n) is 17.4. The van der Waals surface area contributed by atoms with Gasteiger partial charge in [-0.3, -0.25) is 9.59 Å². The third kappa shape index (κ3) is 6.41. The minimum absolute atomic E-state index is 0.0495. The van der Waals surface area contributed by atoms with Crippen LogP contribution in [0.3, 0.4) is 0 Å². The highest BCUT2D eigenvalue weighted by atomic mass is 16.5. The van der Waals surface area contributed by atoms with E-state index >= 15 is 0 Å². The Kier molecular flexibility index (Phi) is 7.21. The molecule has 0 heterocycles. The lowest BCUT2D eigenvalue weighted by atomic mass is 9.87. The highest BCUT2D eigenvalue weighted by Gasteiger charge is 2.14. The van der Waals surface area contributed by atoms with Crippen LogP contribution < -0.4 is 15.4 Å². The molecule has 2 amide bonds. The number of aryl methyl sites for hydroxylation is 2. The first-order chi connectivity index (χ1) is 13.2. The zero-order valence-corrected chi connectivity index (χ0v) is 17.4. The van der Waals surface area contributed by atoms with Crippen molar-refractivity contribution >= 4 is 11.8 Å². The fraction of sp³-hybridized carbons (Fsp3) is 0.391. The summed E-state index contributed by atoms with van der Waals surface area (Å²) < 4.78 is 5.54. The van der Waals surface area contributed by atoms with Gasteiger partial charge in [-0.15, -0.1) is 0 Å². The minimum Gasteiger partial charge on any atom is -0.484 e. The topological polar surface area (TPSA) is 67.4 Å². The molecule has 0 unspecified atom stereocenters. The van der Waals surface area contributed by atoms with Gasteiger partial charge in [-0.05, 0) is 48.6 Å². The lowest BCUT2D eigenvalue weighted by molar-refractivity contribution is -0.123. The Morgan fingerprint density at radius 3 is 2.18 bits per heavy atom. The monoisotopic (exact) mass is 382 g/mol. The Bertz CT molecular complexity index is 821. The van der Waals surface area contributed by atoms with Gasteiger partial charge in [0.15, 0.2) is 6.61 Å². The summed E-state index contributed by atoms with van der Waals surface area (Å²) in [5, 5.41) is 5.55. The van der Waals surface area contributed by atoms with Crippen LogP contribution in [0.5, 0.6) is 5.75 Å². The van der Waals surface area contributed by atoms with Crippen LogP contribution in [0.15, 0.2) is 42.5 Å². The Labute approximate surface area is 167 Å². The standard InChI is InChI=1S/C23H30N2O3/c1-16-6-11-20(17(2)14-16)28-15-21(26)24-12-13-25-22(27)18-7-9-19(10-8-18)23(3,4)5/h6-11,14H,12-13,15H2,1-5H3,(H,24,26)(H,25,27). The van der Waals surface area contributed by atoms with E-state index in [0.717, 1.165) is 11.1 Å². The first-order valence-corrected chi connectivity index (χ1v) is 9.52. The van der Waals surface area contributed by atoms with Crippen molar-refractivity contribution in [1.29, 1.82) is 0 Å². The molecule has 0 saturated carbocycles. The summed E-state index contributed by atoms with van der Waals surface area (Å²) >= 11 is 0. The van der Waals surface area contributed by atoms with Gasteiger partial charge in [-0.2, -0.15) is 0 Å². The molecule has 2 N–H and O–H groups in total. The van der Waals surface area contributed by atoms with E-state index in [2.05, 4.69) is 31.4 Å². The van der Waals surface area contributed by atoms with Crippen molar-refractivity contribution in [2.75, 3.05) is 19.7 Å². The molecular weight excluding hydrogens is 352 g/mol. The third-order valence-corrected chi connectivity index (χ3v) is 4.44. The van der Waals surface area contributed by atoms with Crippen LogP contribution in [0, 0.1) is 13.8 Å². The normalized spacial score (nSPS) is 11.0. The molecule has 0 saturated heterocycles. The summed E-state index contributed by atoms with van der Waals surface area (Å²) in [4.78, 5) is 24.1. The predicted molar refractivity (Wildman–Crippen MR) is 112 cm³/mol. The van der Waals surface area contributed by atoms with Crippen LogP contribution in [0.2, 0.25) is 0 Å². The van der Waals surface area contributed by atoms with Gasteiger partial charge in [0.25, 0.3) is 11.8 Å². The van der Waals surface area contributed by atoms with Crippen molar-refractivity contribution in [3.05, 3.63) is 64.7 Å². The number of ether oxygens (including phenoxy) is 1. The molecule has 0 fully saturated rings. The molecule has 5 nitrogen and oxygen atoms in total. The number of rotatable bonds is 7. The van der Waals surface area contributed by atoms with Crippen LogP contribution in [0.1, 0.15) is 47.8 Å². The SMILES string of the molecule is Cc1ccc(OCC(=O)NCCNC(=O)c2ccc(C(C)(C)C)cc2)c(C)c1. The van der Waals surface area contributed by atoms with E-state index in [-0.39, 0.29) is 23.8 Å². The van der Waals surface area contributed by atoms with E-state index in [1.165, 1.54) is 5.56 Å². The van der Waals surface area contributed by atoms with Gasteiger partial charge in [-0.25, -0.2) is 0 Å². The van der Waals surface area contributed by atoms with Crippen LogP contribution in [-0.4, -0.2) is 31.5 Å². The molecule has 0 radical (unpaired) electrons. The molecule has 0 bridgehead atoms. The lowest BCUT2D eigenvalue weighted by Gasteiger charge is -2.19. The quantitative estimate of drug-likeness (QED) is 0.720. The fourth-order valence-corrected chi connectivity index (χ4v) is 2.76. The van der Waals surface area contributed by atoms with Crippen molar-refractivity contribution in [3.8, 4) is 5.75 Å². The van der Waals surface area contributed by atoms with Crippen molar-refractivity contribution in [3.63, 3.8) is 0 Å². The number of carbonyl (C=O) groups excluding carboxylic acids is 2. The molecule has 0 aliphatic heterocycles. The lowest BCUT2D eigenvalue weighted by Crippen LogP contribution is -2.36. The first kappa shape index (κ1) is 21.5. The molecule has 0 aliphatic rings. The largest absolute Gasteiger partial charge is 0.484 e. The van der Waals surface area contributed by atoms with E-state index < -0.39 is 0 Å². The summed E-state index contributed by atoms with van der Waals surface area (Å²) in [5.41, 5.74) is 3.99. The van der Waals surface area contributed by atoms with Gasteiger partial charge < -0.3 is 15.4 Å². The van der Waals surface area contributed by atoms with Gasteiger partial charge in [-0.1, -0.05) is 50.6 Å². The van der Waals surface area contributed by atoms with Crippen LogP contribution >= 0.6 is 0 Å². The average molecular weight is 383 g/mol. The molecule has 0 aromatic heterocycles. The van der Waals surface area contributed by atoms with Gasteiger partial charge in [0.1, 0.15) is 5.75 Å². The molecule has 0 atom stereocenters. The third-order valence-electron chi connectivity index (χ3n) is 4.44. The fourth-order valence-electron chi connectivity index (χ4n) is 2.76. The summed E-state index contributed by atoms with van der Waals surface area (Å²) in [6.45, 7) is 11.0. The predicted octanol–water partition coefficient (Wildman–Crippen LogP) is 3.53. The molecule has 2 aromatic rings. The van der Waals surface area contributed by atoms with E-state index in [0.29, 0.717) is 24.4 Å².